The van der Waals surface area contributed by atoms with Crippen molar-refractivity contribution in [1.82, 2.24) is 5.32 Å². The first-order valence-electron chi connectivity index (χ1n) is 5.73. The zero-order valence-electron chi connectivity index (χ0n) is 10.3. The van der Waals surface area contributed by atoms with E-state index in [2.05, 4.69) is 5.32 Å². The topological polar surface area (TPSA) is 55.4 Å². The Balaban J connectivity index is 1.91. The van der Waals surface area contributed by atoms with Crippen molar-refractivity contribution in [2.24, 2.45) is 0 Å². The Bertz CT molecular complexity index is 537. The Morgan fingerprint density at radius 1 is 1.39 bits per heavy atom. The number of nitrogens with one attached hydrogen (secondary N) is 1. The molecule has 2 aromatic heterocycles. The summed E-state index contributed by atoms with van der Waals surface area (Å²) in [5.74, 6) is 2.03. The highest BCUT2D eigenvalue weighted by molar-refractivity contribution is 5.91. The molecule has 1 atom stereocenters. The van der Waals surface area contributed by atoms with E-state index in [1.54, 1.807) is 24.5 Å². The summed E-state index contributed by atoms with van der Waals surface area (Å²) in [5, 5.41) is 2.81. The molecule has 0 aromatic carbocycles. The number of carbonyl (C=O) groups excluding carboxylic acids is 1. The molecule has 0 aliphatic carbocycles. The van der Waals surface area contributed by atoms with Gasteiger partial charge in [-0.25, -0.2) is 0 Å². The van der Waals surface area contributed by atoms with Crippen LogP contribution in [0.25, 0.3) is 6.08 Å². The highest BCUT2D eigenvalue weighted by Crippen LogP contribution is 2.15. The van der Waals surface area contributed by atoms with Crippen molar-refractivity contribution in [2.75, 3.05) is 0 Å². The van der Waals surface area contributed by atoms with Crippen molar-refractivity contribution in [3.05, 3.63) is 53.9 Å². The fraction of sp³-hybridized carbons (Fsp3) is 0.214. The van der Waals surface area contributed by atoms with E-state index in [0.717, 1.165) is 11.5 Å². The lowest BCUT2D eigenvalue weighted by atomic mass is 10.2. The van der Waals surface area contributed by atoms with Crippen LogP contribution in [-0.4, -0.2) is 5.91 Å². The quantitative estimate of drug-likeness (QED) is 0.842. The second-order valence-corrected chi connectivity index (χ2v) is 4.03. The van der Waals surface area contributed by atoms with E-state index in [1.807, 2.05) is 26.0 Å². The lowest BCUT2D eigenvalue weighted by Crippen LogP contribution is -2.24. The fourth-order valence-electron chi connectivity index (χ4n) is 1.56. The van der Waals surface area contributed by atoms with Crippen molar-refractivity contribution in [3.8, 4) is 0 Å². The molecule has 0 bridgehead atoms. The maximum Gasteiger partial charge on any atom is 0.244 e. The lowest BCUT2D eigenvalue weighted by Gasteiger charge is -2.09. The average molecular weight is 245 g/mol. The van der Waals surface area contributed by atoms with E-state index < -0.39 is 0 Å². The summed E-state index contributed by atoms with van der Waals surface area (Å²) in [4.78, 5) is 11.6. The Morgan fingerprint density at radius 2 is 2.22 bits per heavy atom. The van der Waals surface area contributed by atoms with E-state index in [-0.39, 0.29) is 11.9 Å². The monoisotopic (exact) mass is 245 g/mol. The highest BCUT2D eigenvalue weighted by Gasteiger charge is 2.10. The molecule has 0 saturated carbocycles. The molecule has 1 N–H and O–H groups in total. The molecule has 2 aromatic rings. The van der Waals surface area contributed by atoms with Crippen LogP contribution in [0.1, 0.15) is 30.2 Å². The molecule has 0 spiro atoms. The van der Waals surface area contributed by atoms with Gasteiger partial charge in [0.15, 0.2) is 0 Å². The van der Waals surface area contributed by atoms with Gasteiger partial charge >= 0.3 is 0 Å². The molecule has 1 unspecified atom stereocenters. The molecule has 94 valence electrons. The third-order valence-corrected chi connectivity index (χ3v) is 2.49. The number of hydrogen-bond donors (Lipinski definition) is 1. The van der Waals surface area contributed by atoms with Crippen molar-refractivity contribution < 1.29 is 13.6 Å². The second-order valence-electron chi connectivity index (χ2n) is 4.03. The van der Waals surface area contributed by atoms with E-state index in [9.17, 15) is 4.79 Å². The van der Waals surface area contributed by atoms with Gasteiger partial charge in [-0.15, -0.1) is 0 Å². The molecule has 0 aliphatic heterocycles. The van der Waals surface area contributed by atoms with Gasteiger partial charge in [-0.2, -0.15) is 0 Å². The summed E-state index contributed by atoms with van der Waals surface area (Å²) in [6.45, 7) is 3.74. The van der Waals surface area contributed by atoms with E-state index in [4.69, 9.17) is 8.83 Å². The third kappa shape index (κ3) is 3.13. The van der Waals surface area contributed by atoms with Crippen LogP contribution in [0.3, 0.4) is 0 Å². The average Bonchev–Trinajstić information content (AvgIpc) is 2.97. The molecule has 2 heterocycles. The molecule has 18 heavy (non-hydrogen) atoms. The highest BCUT2D eigenvalue weighted by atomic mass is 16.3. The van der Waals surface area contributed by atoms with Crippen LogP contribution in [0.5, 0.6) is 0 Å². The van der Waals surface area contributed by atoms with E-state index in [1.165, 1.54) is 6.08 Å². The molecular formula is C14H15NO3. The van der Waals surface area contributed by atoms with Crippen LogP contribution in [0, 0.1) is 6.92 Å². The fourth-order valence-corrected chi connectivity index (χ4v) is 1.56. The number of rotatable bonds is 4. The molecule has 0 fully saturated rings. The molecule has 2 rings (SSSR count). The molecule has 0 saturated heterocycles. The van der Waals surface area contributed by atoms with Gasteiger partial charge in [-0.3, -0.25) is 4.79 Å². The molecule has 0 radical (unpaired) electrons. The van der Waals surface area contributed by atoms with Gasteiger partial charge in [0.05, 0.1) is 12.3 Å². The number of amides is 1. The summed E-state index contributed by atoms with van der Waals surface area (Å²) in [7, 11) is 0. The standard InChI is InChI=1S/C14H15NO3/c1-10-5-7-13(18-10)11(2)15-14(16)8-6-12-4-3-9-17-12/h3-9,11H,1-2H3,(H,15,16)/b8-6+. The van der Waals surface area contributed by atoms with E-state index >= 15 is 0 Å². The molecular weight excluding hydrogens is 230 g/mol. The van der Waals surface area contributed by atoms with Gasteiger partial charge in [0, 0.05) is 6.08 Å². The van der Waals surface area contributed by atoms with E-state index in [0.29, 0.717) is 5.76 Å². The second kappa shape index (κ2) is 5.40. The first-order valence-corrected chi connectivity index (χ1v) is 5.73. The minimum atomic E-state index is -0.187. The smallest absolute Gasteiger partial charge is 0.244 e. The van der Waals surface area contributed by atoms with Crippen LogP contribution in [0.2, 0.25) is 0 Å². The van der Waals surface area contributed by atoms with Crippen LogP contribution in [-0.2, 0) is 4.79 Å². The minimum absolute atomic E-state index is 0.160. The van der Waals surface area contributed by atoms with Crippen LogP contribution in [0.4, 0.5) is 0 Å². The number of furan rings is 2. The van der Waals surface area contributed by atoms with Crippen molar-refractivity contribution in [2.45, 2.75) is 19.9 Å². The van der Waals surface area contributed by atoms with Crippen LogP contribution >= 0.6 is 0 Å². The van der Waals surface area contributed by atoms with Crippen LogP contribution in [0.15, 0.2) is 45.4 Å². The maximum atomic E-state index is 11.6. The van der Waals surface area contributed by atoms with Gasteiger partial charge in [0.25, 0.3) is 0 Å². The largest absolute Gasteiger partial charge is 0.465 e. The predicted octanol–water partition coefficient (Wildman–Crippen LogP) is 3.07. The van der Waals surface area contributed by atoms with Crippen molar-refractivity contribution in [1.29, 1.82) is 0 Å². The van der Waals surface area contributed by atoms with Gasteiger partial charge < -0.3 is 14.2 Å². The molecule has 4 nitrogen and oxygen atoms in total. The predicted molar refractivity (Wildman–Crippen MR) is 67.7 cm³/mol. The third-order valence-electron chi connectivity index (χ3n) is 2.49. The lowest BCUT2D eigenvalue weighted by molar-refractivity contribution is -0.117. The molecule has 0 aliphatic rings. The summed E-state index contributed by atoms with van der Waals surface area (Å²) in [6.07, 6.45) is 4.62. The van der Waals surface area contributed by atoms with Crippen LogP contribution < -0.4 is 5.32 Å². The van der Waals surface area contributed by atoms with Crippen molar-refractivity contribution >= 4 is 12.0 Å². The summed E-state index contributed by atoms with van der Waals surface area (Å²) in [6, 6.07) is 7.12. The zero-order valence-corrected chi connectivity index (χ0v) is 10.3. The maximum absolute atomic E-state index is 11.6. The first kappa shape index (κ1) is 12.2. The Hall–Kier alpha value is -2.23. The van der Waals surface area contributed by atoms with Gasteiger partial charge in [-0.1, -0.05) is 0 Å². The Kier molecular flexibility index (Phi) is 3.67. The normalized spacial score (nSPS) is 12.8. The molecule has 4 heteroatoms. The van der Waals surface area contributed by atoms with Crippen molar-refractivity contribution in [3.63, 3.8) is 0 Å². The summed E-state index contributed by atoms with van der Waals surface area (Å²) >= 11 is 0. The first-order chi connectivity index (χ1) is 8.65. The van der Waals surface area contributed by atoms with Gasteiger partial charge in [0.1, 0.15) is 17.3 Å². The zero-order chi connectivity index (χ0) is 13.0. The number of carbonyl (C=O) groups is 1. The SMILES string of the molecule is Cc1ccc(C(C)NC(=O)/C=C/c2ccco2)o1. The number of hydrogen-bond acceptors (Lipinski definition) is 3. The minimum Gasteiger partial charge on any atom is -0.465 e. The summed E-state index contributed by atoms with van der Waals surface area (Å²) < 4.78 is 10.5. The summed E-state index contributed by atoms with van der Waals surface area (Å²) in [5.41, 5.74) is 0. The van der Waals surface area contributed by atoms with Gasteiger partial charge in [0.2, 0.25) is 5.91 Å². The number of aryl methyl sites for hydroxylation is 1. The molecule has 1 amide bonds. The Morgan fingerprint density at radius 3 is 2.83 bits per heavy atom. The Labute approximate surface area is 105 Å². The van der Waals surface area contributed by atoms with Gasteiger partial charge in [-0.05, 0) is 44.2 Å².